The summed E-state index contributed by atoms with van der Waals surface area (Å²) in [5.74, 6) is -7.19. The number of halogens is 11. The van der Waals surface area contributed by atoms with Crippen molar-refractivity contribution in [2.75, 3.05) is 0 Å². The average molecular weight is 347 g/mol. The number of carboxylic acids is 1. The summed E-state index contributed by atoms with van der Waals surface area (Å²) in [6.07, 6.45) is -21.2. The van der Waals surface area contributed by atoms with Gasteiger partial charge in [-0.15, -0.1) is 4.84 Å². The van der Waals surface area contributed by atoms with Crippen molar-refractivity contribution in [3.05, 3.63) is 0 Å². The molecule has 0 fully saturated rings. The molecule has 15 heteroatoms. The lowest BCUT2D eigenvalue weighted by atomic mass is 10.3. The van der Waals surface area contributed by atoms with Crippen LogP contribution in [0.25, 0.3) is 0 Å². The van der Waals surface area contributed by atoms with Gasteiger partial charge in [-0.25, -0.2) is 10.3 Å². The lowest BCUT2D eigenvalue weighted by Crippen LogP contribution is -2.64. The molecule has 0 aromatic rings. The molecule has 1 atom stereocenters. The molecule has 0 spiro atoms. The molecule has 0 saturated heterocycles. The van der Waals surface area contributed by atoms with Gasteiger partial charge in [0.2, 0.25) is 6.17 Å². The molecule has 4 nitrogen and oxygen atoms in total. The highest BCUT2D eigenvalue weighted by molar-refractivity contribution is 5.70. The molecule has 0 radical (unpaired) electrons. The molecule has 0 rings (SSSR count). The number of alkyl halides is 11. The summed E-state index contributed by atoms with van der Waals surface area (Å²) in [6, 6.07) is 0. The number of carbonyl (C=O) groups is 1. The second-order valence-corrected chi connectivity index (χ2v) is 2.96. The van der Waals surface area contributed by atoms with Gasteiger partial charge >= 0.3 is 24.4 Å². The molecular formula is C6H4F11NO3. The van der Waals surface area contributed by atoms with Gasteiger partial charge in [0.1, 0.15) is 0 Å². The summed E-state index contributed by atoms with van der Waals surface area (Å²) in [5.41, 5.74) is 0. The van der Waals surface area contributed by atoms with Crippen molar-refractivity contribution in [1.29, 1.82) is 0 Å². The molecule has 0 aliphatic heterocycles. The van der Waals surface area contributed by atoms with Crippen LogP contribution in [0.3, 0.4) is 0 Å². The third-order valence-corrected chi connectivity index (χ3v) is 1.40. The molecule has 0 aromatic carbocycles. The predicted octanol–water partition coefficient (Wildman–Crippen LogP) is 0.587. The van der Waals surface area contributed by atoms with Crippen LogP contribution in [0.15, 0.2) is 0 Å². The fourth-order valence-electron chi connectivity index (χ4n) is 0.389. The minimum atomic E-state index is -6.37. The minimum absolute atomic E-state index is 1.81. The van der Waals surface area contributed by atoms with E-state index in [0.29, 0.717) is 0 Å². The molecule has 0 aliphatic carbocycles. The van der Waals surface area contributed by atoms with Gasteiger partial charge in [-0.1, -0.05) is 0 Å². The van der Waals surface area contributed by atoms with Crippen LogP contribution in [0.2, 0.25) is 0 Å². The molecule has 128 valence electrons. The zero-order valence-corrected chi connectivity index (χ0v) is 9.17. The fourth-order valence-corrected chi connectivity index (χ4v) is 0.389. The largest absolute Gasteiger partial charge is 0.547 e. The van der Waals surface area contributed by atoms with Crippen LogP contribution >= 0.6 is 0 Å². The quantitative estimate of drug-likeness (QED) is 0.600. The van der Waals surface area contributed by atoms with E-state index in [1.165, 1.54) is 0 Å². The van der Waals surface area contributed by atoms with Gasteiger partial charge in [-0.3, -0.25) is 0 Å². The van der Waals surface area contributed by atoms with E-state index in [1.807, 2.05) is 5.90 Å². The van der Waals surface area contributed by atoms with Gasteiger partial charge < -0.3 is 9.90 Å². The van der Waals surface area contributed by atoms with E-state index in [9.17, 15) is 48.3 Å². The number of quaternary nitrogens is 1. The molecule has 0 amide bonds. The van der Waals surface area contributed by atoms with Gasteiger partial charge in [0.25, 0.3) is 0 Å². The first-order valence-corrected chi connectivity index (χ1v) is 4.09. The third kappa shape index (κ3) is 5.86. The van der Waals surface area contributed by atoms with Crippen LogP contribution in [-0.2, 0) is 9.63 Å². The summed E-state index contributed by atoms with van der Waals surface area (Å²) in [5, 5.41) is 9.14. The Labute approximate surface area is 107 Å². The number of carbonyl (C=O) groups excluding carboxylic acids is 1. The van der Waals surface area contributed by atoms with Gasteiger partial charge in [-0.05, 0) is 0 Å². The Bertz CT molecular complexity index is 349. The molecular weight excluding hydrogens is 343 g/mol. The van der Waals surface area contributed by atoms with Crippen LogP contribution in [0.5, 0.6) is 0 Å². The maximum atomic E-state index is 11.7. The van der Waals surface area contributed by atoms with Crippen LogP contribution in [0.4, 0.5) is 48.3 Å². The Morgan fingerprint density at radius 3 is 1.33 bits per heavy atom. The van der Waals surface area contributed by atoms with Crippen LogP contribution < -0.4 is 11.0 Å². The average Bonchev–Trinajstić information content (AvgIpc) is 2.25. The third-order valence-electron chi connectivity index (χ3n) is 1.40. The lowest BCUT2D eigenvalue weighted by Gasteiger charge is -2.23. The summed E-state index contributed by atoms with van der Waals surface area (Å²) in [7, 11) is 0. The number of hydrogen-bond acceptors (Lipinski definition) is 3. The van der Waals surface area contributed by atoms with Crippen LogP contribution in [0.1, 0.15) is 0 Å². The van der Waals surface area contributed by atoms with Crippen LogP contribution in [-0.4, -0.2) is 36.5 Å². The van der Waals surface area contributed by atoms with Crippen molar-refractivity contribution >= 4 is 5.97 Å². The van der Waals surface area contributed by atoms with Gasteiger partial charge in [-0.2, -0.15) is 43.9 Å². The predicted molar refractivity (Wildman–Crippen MR) is 35.9 cm³/mol. The molecule has 0 aliphatic rings. The minimum Gasteiger partial charge on any atom is -0.547 e. The second-order valence-electron chi connectivity index (χ2n) is 2.96. The van der Waals surface area contributed by atoms with E-state index < -0.39 is 36.5 Å². The highest BCUT2D eigenvalue weighted by Gasteiger charge is 2.75. The normalized spacial score (nSPS) is 15.0. The standard InChI is InChI=1S/C3H3F7NO.C3H2F4O2/c4-1(5,2(6,7)8)3(9,10)12-11;4-1(2(8)9)3(5,6)7/h11H3;1H,(H,8,9)/q+1;/p-1. The van der Waals surface area contributed by atoms with Crippen molar-refractivity contribution in [2.24, 2.45) is 0 Å². The first kappa shape index (κ1) is 21.9. The van der Waals surface area contributed by atoms with Crippen molar-refractivity contribution in [1.82, 2.24) is 0 Å². The Morgan fingerprint density at radius 2 is 1.29 bits per heavy atom. The second kappa shape index (κ2) is 6.59. The highest BCUT2D eigenvalue weighted by atomic mass is 19.4. The van der Waals surface area contributed by atoms with E-state index in [4.69, 9.17) is 9.90 Å². The molecule has 0 aromatic heterocycles. The highest BCUT2D eigenvalue weighted by Crippen LogP contribution is 2.45. The number of aliphatic carboxylic acids is 1. The Hall–Kier alpha value is -1.38. The van der Waals surface area contributed by atoms with Crippen molar-refractivity contribution < 1.29 is 68.9 Å². The summed E-state index contributed by atoms with van der Waals surface area (Å²) >= 11 is 0. The Balaban J connectivity index is 0. The maximum absolute atomic E-state index is 11.7. The molecule has 1 unspecified atom stereocenters. The topological polar surface area (TPSA) is 77.0 Å². The van der Waals surface area contributed by atoms with E-state index in [1.54, 1.807) is 0 Å². The van der Waals surface area contributed by atoms with Crippen molar-refractivity contribution in [3.63, 3.8) is 0 Å². The molecule has 0 heterocycles. The van der Waals surface area contributed by atoms with Crippen LogP contribution in [0, 0.1) is 0 Å². The molecule has 3 N–H and O–H groups in total. The van der Waals surface area contributed by atoms with E-state index >= 15 is 0 Å². The van der Waals surface area contributed by atoms with Gasteiger partial charge in [0.15, 0.2) is 0 Å². The number of hydrogen-bond donors (Lipinski definition) is 1. The first-order chi connectivity index (χ1) is 8.91. The molecule has 0 bridgehead atoms. The zero-order chi connectivity index (χ0) is 17.9. The van der Waals surface area contributed by atoms with Gasteiger partial charge in [0.05, 0.1) is 5.97 Å². The fraction of sp³-hybridized carbons (Fsp3) is 0.833. The number of rotatable bonds is 3. The van der Waals surface area contributed by atoms with E-state index in [2.05, 4.69) is 4.84 Å². The maximum Gasteiger partial charge on any atom is 0.475 e. The Morgan fingerprint density at radius 1 is 0.952 bits per heavy atom. The zero-order valence-electron chi connectivity index (χ0n) is 9.17. The monoisotopic (exact) mass is 347 g/mol. The SMILES string of the molecule is O=C([O-])C(F)C(F)(F)F.[NH3+]OC(F)(F)C(F)(F)C(F)(F)F. The van der Waals surface area contributed by atoms with Crippen molar-refractivity contribution in [3.8, 4) is 0 Å². The van der Waals surface area contributed by atoms with E-state index in [-0.39, 0.29) is 0 Å². The Kier molecular flexibility index (Phi) is 6.87. The van der Waals surface area contributed by atoms with Gasteiger partial charge in [0, 0.05) is 0 Å². The lowest BCUT2D eigenvalue weighted by molar-refractivity contribution is -0.759. The summed E-state index contributed by atoms with van der Waals surface area (Å²) in [6.45, 7) is 0. The smallest absolute Gasteiger partial charge is 0.475 e. The summed E-state index contributed by atoms with van der Waals surface area (Å²) in [4.78, 5) is 11.6. The van der Waals surface area contributed by atoms with Crippen molar-refractivity contribution in [2.45, 2.75) is 30.6 Å². The number of carboxylic acid groups (broad SMARTS) is 1. The molecule has 21 heavy (non-hydrogen) atoms. The van der Waals surface area contributed by atoms with E-state index in [0.717, 1.165) is 0 Å². The summed E-state index contributed by atoms with van der Waals surface area (Å²) < 4.78 is 124. The molecule has 0 saturated carbocycles. The first-order valence-electron chi connectivity index (χ1n) is 4.09.